The minimum Gasteiger partial charge on any atom is -0.508 e. The molecule has 2 aromatic rings. The number of rotatable bonds is 2. The lowest BCUT2D eigenvalue weighted by atomic mass is 10.1. The van der Waals surface area contributed by atoms with E-state index in [1.54, 1.807) is 7.11 Å². The van der Waals surface area contributed by atoms with Crippen LogP contribution in [0, 0.1) is 6.57 Å². The lowest BCUT2D eigenvalue weighted by molar-refractivity contribution is 0.417. The predicted molar refractivity (Wildman–Crippen MR) is 64.7 cm³/mol. The summed E-state index contributed by atoms with van der Waals surface area (Å²) in [7, 11) is 1.58. The summed E-state index contributed by atoms with van der Waals surface area (Å²) in [6.45, 7) is 7.09. The van der Waals surface area contributed by atoms with Gasteiger partial charge in [0.15, 0.2) is 0 Å². The second kappa shape index (κ2) is 4.50. The van der Waals surface area contributed by atoms with Gasteiger partial charge < -0.3 is 4.74 Å². The van der Waals surface area contributed by atoms with E-state index in [0.717, 1.165) is 11.1 Å². The van der Waals surface area contributed by atoms with E-state index in [4.69, 9.17) is 11.3 Å². The zero-order chi connectivity index (χ0) is 11.4. The van der Waals surface area contributed by atoms with Gasteiger partial charge in [0.2, 0.25) is 5.69 Å². The molecule has 0 aliphatic carbocycles. The van der Waals surface area contributed by atoms with Gasteiger partial charge in [-0.1, -0.05) is 36.4 Å². The average molecular weight is 209 g/mol. The molecule has 16 heavy (non-hydrogen) atoms. The van der Waals surface area contributed by atoms with Gasteiger partial charge >= 0.3 is 0 Å². The third-order valence-electron chi connectivity index (χ3n) is 2.41. The van der Waals surface area contributed by atoms with Crippen molar-refractivity contribution in [3.63, 3.8) is 0 Å². The van der Waals surface area contributed by atoms with E-state index in [2.05, 4.69) is 4.85 Å². The molecule has 0 aliphatic heterocycles. The van der Waals surface area contributed by atoms with Gasteiger partial charge in [0.25, 0.3) is 0 Å². The van der Waals surface area contributed by atoms with Gasteiger partial charge in [-0.2, -0.15) is 0 Å². The fraction of sp³-hybridized carbons (Fsp3) is 0.0714. The van der Waals surface area contributed by atoms with Crippen molar-refractivity contribution in [2.24, 2.45) is 0 Å². The minimum absolute atomic E-state index is 0.545. The second-order valence-corrected chi connectivity index (χ2v) is 3.36. The fourth-order valence-electron chi connectivity index (χ4n) is 1.59. The molecule has 0 bridgehead atoms. The molecule has 2 heteroatoms. The highest BCUT2D eigenvalue weighted by Gasteiger charge is 2.04. The van der Waals surface area contributed by atoms with Gasteiger partial charge in [0, 0.05) is 0 Å². The highest BCUT2D eigenvalue weighted by molar-refractivity contribution is 5.72. The van der Waals surface area contributed by atoms with Gasteiger partial charge in [0.05, 0.1) is 13.7 Å². The monoisotopic (exact) mass is 209 g/mol. The molecule has 0 heterocycles. The number of hydrogen-bond acceptors (Lipinski definition) is 1. The number of nitrogens with zero attached hydrogens (tertiary/aromatic N) is 1. The molecule has 0 aliphatic rings. The normalized spacial score (nSPS) is 9.50. The van der Waals surface area contributed by atoms with Crippen LogP contribution in [0.3, 0.4) is 0 Å². The van der Waals surface area contributed by atoms with Crippen molar-refractivity contribution < 1.29 is 4.74 Å². The Balaban J connectivity index is 2.49. The first-order valence-electron chi connectivity index (χ1n) is 4.96. The highest BCUT2D eigenvalue weighted by atomic mass is 16.5. The first kappa shape index (κ1) is 10.3. The smallest absolute Gasteiger partial charge is 0.228 e. The van der Waals surface area contributed by atoms with Crippen LogP contribution in [0.25, 0.3) is 16.0 Å². The first-order chi connectivity index (χ1) is 7.85. The molecule has 2 aromatic carbocycles. The van der Waals surface area contributed by atoms with Crippen LogP contribution in [0.5, 0.6) is 5.75 Å². The van der Waals surface area contributed by atoms with Crippen LogP contribution in [0.2, 0.25) is 0 Å². The Bertz CT molecular complexity index is 526. The Hall–Kier alpha value is -2.27. The van der Waals surface area contributed by atoms with Crippen molar-refractivity contribution in [2.45, 2.75) is 0 Å². The zero-order valence-electron chi connectivity index (χ0n) is 8.97. The van der Waals surface area contributed by atoms with Crippen LogP contribution in [-0.4, -0.2) is 7.11 Å². The Morgan fingerprint density at radius 1 is 1.00 bits per heavy atom. The number of hydrogen-bond donors (Lipinski definition) is 0. The maximum Gasteiger partial charge on any atom is 0.228 e. The van der Waals surface area contributed by atoms with Crippen molar-refractivity contribution in [2.75, 3.05) is 7.11 Å². The van der Waals surface area contributed by atoms with Crippen LogP contribution >= 0.6 is 0 Å². The lowest BCUT2D eigenvalue weighted by Crippen LogP contribution is -1.83. The van der Waals surface area contributed by atoms with E-state index < -0.39 is 0 Å². The lowest BCUT2D eigenvalue weighted by Gasteiger charge is -2.06. The molecule has 0 radical (unpaired) electrons. The van der Waals surface area contributed by atoms with E-state index in [-0.39, 0.29) is 0 Å². The van der Waals surface area contributed by atoms with E-state index in [1.807, 2.05) is 48.5 Å². The van der Waals surface area contributed by atoms with E-state index in [1.165, 1.54) is 0 Å². The van der Waals surface area contributed by atoms with Gasteiger partial charge in [-0.15, -0.1) is 0 Å². The van der Waals surface area contributed by atoms with Gasteiger partial charge in [-0.05, 0) is 23.3 Å². The summed E-state index contributed by atoms with van der Waals surface area (Å²) >= 11 is 0. The molecular formula is C14H11NO. The number of methoxy groups -OCH3 is 1. The summed E-state index contributed by atoms with van der Waals surface area (Å²) in [5, 5.41) is 0. The molecule has 0 aromatic heterocycles. The number of benzene rings is 2. The molecule has 0 saturated heterocycles. The molecule has 2 nitrogen and oxygen atoms in total. The molecule has 2 rings (SSSR count). The van der Waals surface area contributed by atoms with Crippen LogP contribution < -0.4 is 4.74 Å². The molecule has 0 atom stereocenters. The Kier molecular flexibility index (Phi) is 2.88. The summed E-state index contributed by atoms with van der Waals surface area (Å²) in [6, 6.07) is 15.6. The third-order valence-corrected chi connectivity index (χ3v) is 2.41. The van der Waals surface area contributed by atoms with Crippen molar-refractivity contribution in [3.05, 3.63) is 59.9 Å². The topological polar surface area (TPSA) is 13.6 Å². The zero-order valence-corrected chi connectivity index (χ0v) is 8.97. The quantitative estimate of drug-likeness (QED) is 0.683. The number of ether oxygens (including phenoxy) is 1. The largest absolute Gasteiger partial charge is 0.508 e. The maximum atomic E-state index is 7.09. The highest BCUT2D eigenvalue weighted by Crippen LogP contribution is 2.32. The molecule has 0 unspecified atom stereocenters. The predicted octanol–water partition coefficient (Wildman–Crippen LogP) is 3.91. The maximum absolute atomic E-state index is 7.09. The van der Waals surface area contributed by atoms with E-state index in [9.17, 15) is 0 Å². The molecular weight excluding hydrogens is 198 g/mol. The Labute approximate surface area is 94.9 Å². The molecule has 0 fully saturated rings. The van der Waals surface area contributed by atoms with Crippen LogP contribution in [0.15, 0.2) is 48.5 Å². The second-order valence-electron chi connectivity index (χ2n) is 3.36. The molecule has 0 N–H and O–H groups in total. The van der Waals surface area contributed by atoms with Crippen LogP contribution in [-0.2, 0) is 0 Å². The summed E-state index contributed by atoms with van der Waals surface area (Å²) in [4.78, 5) is 3.45. The van der Waals surface area contributed by atoms with E-state index >= 15 is 0 Å². The van der Waals surface area contributed by atoms with Crippen molar-refractivity contribution in [1.82, 2.24) is 0 Å². The molecule has 78 valence electrons. The van der Waals surface area contributed by atoms with Crippen LogP contribution in [0.1, 0.15) is 0 Å². The molecule has 0 saturated carbocycles. The summed E-state index contributed by atoms with van der Waals surface area (Å²) in [5.41, 5.74) is 2.69. The Morgan fingerprint density at radius 3 is 2.38 bits per heavy atom. The first-order valence-corrected chi connectivity index (χ1v) is 4.96. The van der Waals surface area contributed by atoms with Crippen molar-refractivity contribution >= 4 is 5.69 Å². The van der Waals surface area contributed by atoms with Crippen molar-refractivity contribution in [1.29, 1.82) is 0 Å². The summed E-state index contributed by atoms with van der Waals surface area (Å²) < 4.78 is 5.11. The van der Waals surface area contributed by atoms with E-state index in [0.29, 0.717) is 11.4 Å². The fourth-order valence-corrected chi connectivity index (χ4v) is 1.59. The Morgan fingerprint density at radius 2 is 1.75 bits per heavy atom. The third kappa shape index (κ3) is 1.89. The van der Waals surface area contributed by atoms with Crippen LogP contribution in [0.4, 0.5) is 5.69 Å². The molecule has 0 spiro atoms. The SMILES string of the molecule is [C-]#[N+]c1cc(-c2ccccc2)ccc1OC. The summed E-state index contributed by atoms with van der Waals surface area (Å²) in [6.07, 6.45) is 0. The van der Waals surface area contributed by atoms with Gasteiger partial charge in [0.1, 0.15) is 5.75 Å². The standard InChI is InChI=1S/C14H11NO/c1-15-13-10-12(8-9-14(13)16-2)11-6-4-3-5-7-11/h3-10H,2H3. The average Bonchev–Trinajstić information content (AvgIpc) is 2.39. The van der Waals surface area contributed by atoms with Crippen molar-refractivity contribution in [3.8, 4) is 16.9 Å². The minimum atomic E-state index is 0.545. The van der Waals surface area contributed by atoms with Gasteiger partial charge in [-0.3, -0.25) is 0 Å². The molecule has 0 amide bonds. The van der Waals surface area contributed by atoms with Gasteiger partial charge in [-0.25, -0.2) is 4.85 Å². The summed E-state index contributed by atoms with van der Waals surface area (Å²) in [5.74, 6) is 0.620.